The number of aryl methyl sites for hydroxylation is 2. The standard InChI is InChI=1S/C21H14F3N3OS.C11H6BrF2NOS.C10H10BFN2O2/c1-27-17(11-16(26-27)12-5-2-3-6-13(12)22)18-9-10-19(29-18)21(28)25-20-14(23)7-4-8-15(20)24;12-9-5-4-8(17-9)11(16)15-10-6(13)2-1-3-7(10)14;1-14-10(11(15)16)6-9(13-14)7-4-2-3-5-8(7)12/h2-11H,1H3,(H,25,28);1-5H,(H,15,16);2-6,15-16H,1H3. The zero-order valence-corrected chi connectivity index (χ0v) is 35.3. The molecule has 62 heavy (non-hydrogen) atoms. The van der Waals surface area contributed by atoms with E-state index in [0.29, 0.717) is 38.0 Å². The van der Waals surface area contributed by atoms with Gasteiger partial charge < -0.3 is 20.7 Å². The second kappa shape index (κ2) is 20.0. The number of hydrogen-bond acceptors (Lipinski definition) is 8. The number of thiophene rings is 2. The summed E-state index contributed by atoms with van der Waals surface area (Å²) in [4.78, 5) is 25.4. The number of nitrogens with one attached hydrogen (secondary N) is 2. The van der Waals surface area contributed by atoms with Gasteiger partial charge in [0.25, 0.3) is 11.8 Å². The summed E-state index contributed by atoms with van der Waals surface area (Å²) in [7, 11) is 1.67. The van der Waals surface area contributed by atoms with Crippen molar-refractivity contribution < 1.29 is 46.0 Å². The Balaban J connectivity index is 0.000000166. The lowest BCUT2D eigenvalue weighted by Crippen LogP contribution is -2.35. The Bertz CT molecular complexity index is 2850. The average Bonchev–Trinajstić information content (AvgIpc) is 4.06. The largest absolute Gasteiger partial charge is 0.507 e. The third kappa shape index (κ3) is 10.8. The van der Waals surface area contributed by atoms with E-state index in [1.54, 1.807) is 85.5 Å². The molecule has 4 heterocycles. The molecule has 10 nitrogen and oxygen atoms in total. The fraction of sp³-hybridized carbons (Fsp3) is 0.0476. The van der Waals surface area contributed by atoms with Gasteiger partial charge >= 0.3 is 7.12 Å². The number of carbonyl (C=O) groups excluding carboxylic acids is 2. The van der Waals surface area contributed by atoms with Gasteiger partial charge in [-0.05, 0) is 101 Å². The van der Waals surface area contributed by atoms with E-state index in [-0.39, 0.29) is 22.1 Å². The van der Waals surface area contributed by atoms with Crippen LogP contribution in [-0.2, 0) is 14.1 Å². The molecular formula is C42H30BBrF6N6O4S2. The summed E-state index contributed by atoms with van der Waals surface area (Å²) >= 11 is 5.53. The lowest BCUT2D eigenvalue weighted by atomic mass is 9.85. The second-order valence-electron chi connectivity index (χ2n) is 12.8. The fourth-order valence-electron chi connectivity index (χ4n) is 5.64. The summed E-state index contributed by atoms with van der Waals surface area (Å²) in [6.45, 7) is 0. The van der Waals surface area contributed by atoms with Gasteiger partial charge in [-0.2, -0.15) is 10.2 Å². The van der Waals surface area contributed by atoms with Gasteiger partial charge in [-0.15, -0.1) is 22.7 Å². The Morgan fingerprint density at radius 3 is 1.47 bits per heavy atom. The molecular weight excluding hydrogens is 921 g/mol. The Labute approximate surface area is 366 Å². The molecule has 0 bridgehead atoms. The molecule has 316 valence electrons. The highest BCUT2D eigenvalue weighted by molar-refractivity contribution is 9.11. The molecule has 0 atom stereocenters. The molecule has 0 unspecified atom stereocenters. The van der Waals surface area contributed by atoms with Gasteiger partial charge in [-0.3, -0.25) is 19.0 Å². The van der Waals surface area contributed by atoms with Crippen molar-refractivity contribution in [1.82, 2.24) is 19.6 Å². The van der Waals surface area contributed by atoms with Crippen molar-refractivity contribution in [2.24, 2.45) is 14.1 Å². The molecule has 4 N–H and O–H groups in total. The van der Waals surface area contributed by atoms with E-state index in [2.05, 4.69) is 36.8 Å². The number of aromatic nitrogens is 4. The summed E-state index contributed by atoms with van der Waals surface area (Å²) in [5, 5.41) is 30.9. The van der Waals surface area contributed by atoms with Crippen LogP contribution in [0.25, 0.3) is 33.1 Å². The van der Waals surface area contributed by atoms with Crippen LogP contribution in [0, 0.1) is 34.9 Å². The highest BCUT2D eigenvalue weighted by atomic mass is 79.9. The molecule has 0 saturated carbocycles. The molecule has 0 aliphatic rings. The summed E-state index contributed by atoms with van der Waals surface area (Å²) in [5.41, 5.74) is 1.54. The summed E-state index contributed by atoms with van der Waals surface area (Å²) < 4.78 is 85.2. The molecule has 0 radical (unpaired) electrons. The molecule has 0 fully saturated rings. The maximum Gasteiger partial charge on any atom is 0.507 e. The zero-order chi connectivity index (χ0) is 44.7. The smallest absolute Gasteiger partial charge is 0.422 e. The second-order valence-corrected chi connectivity index (χ2v) is 16.4. The average molecular weight is 952 g/mol. The molecule has 20 heteroatoms. The number of carbonyl (C=O) groups is 2. The monoisotopic (exact) mass is 950 g/mol. The van der Waals surface area contributed by atoms with Crippen molar-refractivity contribution in [2.45, 2.75) is 0 Å². The number of nitrogens with zero attached hydrogens (tertiary/aromatic N) is 4. The van der Waals surface area contributed by atoms with Crippen LogP contribution in [0.2, 0.25) is 0 Å². The van der Waals surface area contributed by atoms with Gasteiger partial charge in [-0.1, -0.05) is 36.4 Å². The lowest BCUT2D eigenvalue weighted by Gasteiger charge is -2.05. The van der Waals surface area contributed by atoms with Crippen LogP contribution in [0.5, 0.6) is 0 Å². The first-order valence-electron chi connectivity index (χ1n) is 17.9. The number of halogens is 7. The number of anilines is 2. The predicted molar refractivity (Wildman–Crippen MR) is 231 cm³/mol. The minimum atomic E-state index is -1.61. The van der Waals surface area contributed by atoms with E-state index in [0.717, 1.165) is 39.4 Å². The van der Waals surface area contributed by atoms with Crippen LogP contribution in [0.15, 0.2) is 125 Å². The van der Waals surface area contributed by atoms with Gasteiger partial charge in [0.05, 0.1) is 41.1 Å². The molecule has 0 aliphatic carbocycles. The SMILES string of the molecule is Cn1nc(-c2ccccc2F)cc1-c1ccc(C(=O)Nc2c(F)cccc2F)s1.Cn1nc(-c2ccccc2F)cc1B(O)O.O=C(Nc1c(F)cccc1F)c1ccc(Br)s1. The van der Waals surface area contributed by atoms with Crippen LogP contribution in [0.1, 0.15) is 19.3 Å². The third-order valence-electron chi connectivity index (χ3n) is 8.64. The Kier molecular flexibility index (Phi) is 14.6. The fourth-order valence-corrected chi connectivity index (χ4v) is 7.87. The summed E-state index contributed by atoms with van der Waals surface area (Å²) in [5.74, 6) is -5.23. The van der Waals surface area contributed by atoms with Crippen LogP contribution in [0.4, 0.5) is 37.7 Å². The van der Waals surface area contributed by atoms with Crippen LogP contribution in [0.3, 0.4) is 0 Å². The number of rotatable bonds is 8. The van der Waals surface area contributed by atoms with E-state index in [9.17, 15) is 35.9 Å². The molecule has 4 aromatic carbocycles. The summed E-state index contributed by atoms with van der Waals surface area (Å²) in [6.07, 6.45) is 0. The Morgan fingerprint density at radius 1 is 0.581 bits per heavy atom. The number of hydrogen-bond donors (Lipinski definition) is 4. The van der Waals surface area contributed by atoms with E-state index < -0.39 is 53.6 Å². The van der Waals surface area contributed by atoms with Crippen molar-refractivity contribution in [2.75, 3.05) is 10.6 Å². The van der Waals surface area contributed by atoms with E-state index in [1.165, 1.54) is 46.4 Å². The summed E-state index contributed by atoms with van der Waals surface area (Å²) in [6, 6.07) is 29.0. The lowest BCUT2D eigenvalue weighted by molar-refractivity contribution is 0.102. The predicted octanol–water partition coefficient (Wildman–Crippen LogP) is 9.43. The first-order chi connectivity index (χ1) is 29.6. The molecule has 0 spiro atoms. The zero-order valence-electron chi connectivity index (χ0n) is 32.1. The minimum absolute atomic E-state index is 0.221. The maximum absolute atomic E-state index is 14.0. The van der Waals surface area contributed by atoms with Crippen LogP contribution < -0.4 is 16.2 Å². The highest BCUT2D eigenvalue weighted by Crippen LogP contribution is 2.33. The van der Waals surface area contributed by atoms with Crippen molar-refractivity contribution in [1.29, 1.82) is 0 Å². The molecule has 0 aliphatic heterocycles. The maximum atomic E-state index is 14.0. The Morgan fingerprint density at radius 2 is 1.02 bits per heavy atom. The van der Waals surface area contributed by atoms with E-state index >= 15 is 0 Å². The van der Waals surface area contributed by atoms with Gasteiger partial charge in [-0.25, -0.2) is 26.3 Å². The van der Waals surface area contributed by atoms with Crippen molar-refractivity contribution >= 4 is 74.5 Å². The van der Waals surface area contributed by atoms with E-state index in [4.69, 9.17) is 10.0 Å². The van der Waals surface area contributed by atoms with Gasteiger partial charge in [0.1, 0.15) is 46.3 Å². The van der Waals surface area contributed by atoms with E-state index in [1.807, 2.05) is 0 Å². The molecule has 8 rings (SSSR count). The van der Waals surface area contributed by atoms with Gasteiger partial charge in [0.2, 0.25) is 0 Å². The first-order valence-corrected chi connectivity index (χ1v) is 20.3. The number of amides is 2. The Hall–Kier alpha value is -6.32. The first kappa shape index (κ1) is 45.2. The van der Waals surface area contributed by atoms with Gasteiger partial charge in [0.15, 0.2) is 0 Å². The van der Waals surface area contributed by atoms with Crippen molar-refractivity contribution in [3.05, 3.63) is 170 Å². The van der Waals surface area contributed by atoms with Crippen molar-refractivity contribution in [3.8, 4) is 33.1 Å². The highest BCUT2D eigenvalue weighted by Gasteiger charge is 2.21. The number of para-hydroxylation sites is 2. The van der Waals surface area contributed by atoms with Crippen molar-refractivity contribution in [3.63, 3.8) is 0 Å². The molecule has 2 amide bonds. The van der Waals surface area contributed by atoms with Crippen LogP contribution >= 0.6 is 38.6 Å². The normalized spacial score (nSPS) is 10.6. The van der Waals surface area contributed by atoms with Crippen LogP contribution in [-0.4, -0.2) is 48.5 Å². The third-order valence-corrected chi connectivity index (χ3v) is 11.4. The molecule has 4 aromatic heterocycles. The minimum Gasteiger partial charge on any atom is -0.422 e. The quantitative estimate of drug-likeness (QED) is 0.0887. The topological polar surface area (TPSA) is 134 Å². The molecule has 0 saturated heterocycles. The molecule has 8 aromatic rings. The van der Waals surface area contributed by atoms with Gasteiger partial charge in [0, 0.05) is 25.2 Å². The number of benzene rings is 4.